The van der Waals surface area contributed by atoms with Gasteiger partial charge in [0.15, 0.2) is 0 Å². The number of rotatable bonds is 2. The van der Waals surface area contributed by atoms with Gasteiger partial charge in [0.05, 0.1) is 0 Å². The lowest BCUT2D eigenvalue weighted by atomic mass is 9.70. The molecular formula is C32H60. The van der Waals surface area contributed by atoms with Crippen LogP contribution in [-0.4, -0.2) is 0 Å². The number of aryl methyl sites for hydroxylation is 1. The van der Waals surface area contributed by atoms with Crippen molar-refractivity contribution < 1.29 is 0 Å². The van der Waals surface area contributed by atoms with Crippen molar-refractivity contribution in [3.63, 3.8) is 0 Å². The molecule has 3 aliphatic carbocycles. The Hall–Kier alpha value is -0.780. The van der Waals surface area contributed by atoms with Crippen molar-refractivity contribution in [3.8, 4) is 0 Å². The first kappa shape index (κ1) is 31.2. The van der Waals surface area contributed by atoms with Gasteiger partial charge in [0.1, 0.15) is 0 Å². The smallest absolute Gasteiger partial charge is 0.0162 e. The third-order valence-electron chi connectivity index (χ3n) is 8.35. The maximum atomic E-state index is 2.43. The molecule has 32 heavy (non-hydrogen) atoms. The fraction of sp³-hybridized carbons (Fsp3) is 0.812. The molecule has 3 saturated carbocycles. The van der Waals surface area contributed by atoms with Gasteiger partial charge in [0.25, 0.3) is 0 Å². The van der Waals surface area contributed by atoms with Crippen LogP contribution in [0.4, 0.5) is 0 Å². The summed E-state index contributed by atoms with van der Waals surface area (Å²) in [7, 11) is 0. The molecule has 0 aliphatic heterocycles. The summed E-state index contributed by atoms with van der Waals surface area (Å²) in [5.74, 6) is 6.06. The monoisotopic (exact) mass is 444 g/mol. The van der Waals surface area contributed by atoms with Crippen molar-refractivity contribution in [2.75, 3.05) is 0 Å². The largest absolute Gasteiger partial charge is 0.0776 e. The summed E-state index contributed by atoms with van der Waals surface area (Å²) in [4.78, 5) is 0. The maximum absolute atomic E-state index is 2.43. The van der Waals surface area contributed by atoms with Gasteiger partial charge < -0.3 is 0 Å². The van der Waals surface area contributed by atoms with Crippen molar-refractivity contribution >= 4 is 0 Å². The van der Waals surface area contributed by atoms with E-state index in [1.165, 1.54) is 56.9 Å². The van der Waals surface area contributed by atoms with E-state index >= 15 is 0 Å². The molecule has 0 bridgehead atoms. The molecule has 0 unspecified atom stereocenters. The van der Waals surface area contributed by atoms with E-state index in [2.05, 4.69) is 52.0 Å². The van der Waals surface area contributed by atoms with Gasteiger partial charge in [-0.15, -0.1) is 0 Å². The Labute approximate surface area is 204 Å². The van der Waals surface area contributed by atoms with Gasteiger partial charge >= 0.3 is 0 Å². The molecule has 0 spiro atoms. The highest BCUT2D eigenvalue weighted by atomic mass is 14.3. The average molecular weight is 445 g/mol. The van der Waals surface area contributed by atoms with Crippen LogP contribution in [-0.2, 0) is 0 Å². The van der Waals surface area contributed by atoms with E-state index in [9.17, 15) is 0 Å². The summed E-state index contributed by atoms with van der Waals surface area (Å²) in [6.45, 7) is 13.4. The molecule has 4 rings (SSSR count). The van der Waals surface area contributed by atoms with E-state index in [1.807, 2.05) is 13.8 Å². The highest BCUT2D eigenvalue weighted by Crippen LogP contribution is 2.41. The first-order chi connectivity index (χ1) is 14.5. The second-order valence-electron chi connectivity index (χ2n) is 10.9. The van der Waals surface area contributed by atoms with Crippen LogP contribution in [0.15, 0.2) is 24.3 Å². The predicted octanol–water partition coefficient (Wildman–Crippen LogP) is 11.2. The molecule has 0 nitrogen and oxygen atoms in total. The summed E-state index contributed by atoms with van der Waals surface area (Å²) in [5, 5.41) is 0. The summed E-state index contributed by atoms with van der Waals surface area (Å²) in [6.07, 6.45) is 17.8. The van der Waals surface area contributed by atoms with E-state index in [0.29, 0.717) is 0 Å². The Morgan fingerprint density at radius 2 is 0.812 bits per heavy atom. The second-order valence-corrected chi connectivity index (χ2v) is 10.9. The van der Waals surface area contributed by atoms with Crippen molar-refractivity contribution in [1.82, 2.24) is 0 Å². The van der Waals surface area contributed by atoms with Gasteiger partial charge in [-0.2, -0.15) is 0 Å². The molecule has 188 valence electrons. The summed E-state index contributed by atoms with van der Waals surface area (Å²) >= 11 is 0. The van der Waals surface area contributed by atoms with Gasteiger partial charge in [-0.05, 0) is 86.5 Å². The van der Waals surface area contributed by atoms with Crippen LogP contribution < -0.4 is 0 Å². The Morgan fingerprint density at radius 3 is 1.16 bits per heavy atom. The number of hydrogen-bond acceptors (Lipinski definition) is 0. The van der Waals surface area contributed by atoms with Crippen LogP contribution in [0, 0.1) is 36.5 Å². The first-order valence-electron chi connectivity index (χ1n) is 13.6. The average Bonchev–Trinajstić information content (AvgIpc) is 2.78. The van der Waals surface area contributed by atoms with Gasteiger partial charge in [0, 0.05) is 0 Å². The molecular weight excluding hydrogens is 384 g/mol. The van der Waals surface area contributed by atoms with Crippen molar-refractivity contribution in [1.29, 1.82) is 0 Å². The maximum Gasteiger partial charge on any atom is -0.0162 e. The standard InChI is InChI=1S/C14H26.C14H20.C2H6.2CH4/c2*1-11-3-7-13(8-4-11)14-9-5-12(2)6-10-14;1-2;;/h11-14H,3-10H2,1-2H3;3-4,7-8,12,14H,5-6,9-10H2,1-2H3;1-2H3;2*1H4. The third-order valence-corrected chi connectivity index (χ3v) is 8.35. The molecule has 0 radical (unpaired) electrons. The van der Waals surface area contributed by atoms with E-state index in [4.69, 9.17) is 0 Å². The molecule has 0 atom stereocenters. The van der Waals surface area contributed by atoms with Crippen molar-refractivity contribution in [3.05, 3.63) is 35.4 Å². The molecule has 1 aromatic rings. The van der Waals surface area contributed by atoms with Gasteiger partial charge in [-0.1, -0.05) is 118 Å². The second kappa shape index (κ2) is 16.8. The minimum Gasteiger partial charge on any atom is -0.0776 e. The van der Waals surface area contributed by atoms with Gasteiger partial charge in [-0.25, -0.2) is 0 Å². The Kier molecular flexibility index (Phi) is 16.4. The van der Waals surface area contributed by atoms with Crippen LogP contribution in [0.3, 0.4) is 0 Å². The molecule has 0 N–H and O–H groups in total. The lowest BCUT2D eigenvalue weighted by Gasteiger charge is -2.36. The van der Waals surface area contributed by atoms with Crippen molar-refractivity contribution in [2.45, 2.75) is 139 Å². The van der Waals surface area contributed by atoms with Crippen LogP contribution in [0.5, 0.6) is 0 Å². The fourth-order valence-electron chi connectivity index (χ4n) is 5.95. The molecule has 0 heteroatoms. The Morgan fingerprint density at radius 1 is 0.500 bits per heavy atom. The first-order valence-corrected chi connectivity index (χ1v) is 13.6. The molecule has 3 fully saturated rings. The normalized spacial score (nSPS) is 31.9. The quantitative estimate of drug-likeness (QED) is 0.425. The molecule has 0 amide bonds. The summed E-state index contributed by atoms with van der Waals surface area (Å²) in [5.41, 5.74) is 2.93. The molecule has 1 aromatic carbocycles. The summed E-state index contributed by atoms with van der Waals surface area (Å²) < 4.78 is 0. The Balaban J connectivity index is 0.000000527. The van der Waals surface area contributed by atoms with E-state index in [0.717, 1.165) is 35.5 Å². The Bertz CT molecular complexity index is 512. The zero-order chi connectivity index (χ0) is 21.9. The van der Waals surface area contributed by atoms with Crippen molar-refractivity contribution in [2.24, 2.45) is 29.6 Å². The predicted molar refractivity (Wildman–Crippen MR) is 149 cm³/mol. The van der Waals surface area contributed by atoms with E-state index in [-0.39, 0.29) is 14.9 Å². The third kappa shape index (κ3) is 10.4. The van der Waals surface area contributed by atoms with Gasteiger partial charge in [-0.3, -0.25) is 0 Å². The lowest BCUT2D eigenvalue weighted by molar-refractivity contribution is 0.155. The summed E-state index contributed by atoms with van der Waals surface area (Å²) in [6, 6.07) is 9.12. The zero-order valence-corrected chi connectivity index (χ0v) is 21.3. The van der Waals surface area contributed by atoms with Crippen LogP contribution in [0.2, 0.25) is 0 Å². The highest BCUT2D eigenvalue weighted by Gasteiger charge is 2.28. The fourth-order valence-corrected chi connectivity index (χ4v) is 5.95. The SMILES string of the molecule is C.C.CC.CC1CCC(C2CCC(C)CC2)CC1.Cc1ccc(C2CCC(C)CC2)cc1. The molecule has 0 saturated heterocycles. The topological polar surface area (TPSA) is 0 Å². The molecule has 3 aliphatic rings. The lowest BCUT2D eigenvalue weighted by Crippen LogP contribution is -2.24. The van der Waals surface area contributed by atoms with Crippen LogP contribution in [0.1, 0.15) is 144 Å². The van der Waals surface area contributed by atoms with Crippen LogP contribution in [0.25, 0.3) is 0 Å². The van der Waals surface area contributed by atoms with E-state index < -0.39 is 0 Å². The highest BCUT2D eigenvalue weighted by molar-refractivity contribution is 5.24. The number of benzene rings is 1. The zero-order valence-electron chi connectivity index (χ0n) is 21.3. The van der Waals surface area contributed by atoms with E-state index in [1.54, 1.807) is 31.2 Å². The number of hydrogen-bond donors (Lipinski definition) is 0. The van der Waals surface area contributed by atoms with Crippen LogP contribution >= 0.6 is 0 Å². The molecule has 0 heterocycles. The minimum absolute atomic E-state index is 0. The minimum atomic E-state index is 0. The van der Waals surface area contributed by atoms with Gasteiger partial charge in [0.2, 0.25) is 0 Å². The molecule has 0 aromatic heterocycles.